The second-order valence-electron chi connectivity index (χ2n) is 5.58. The van der Waals surface area contributed by atoms with Gasteiger partial charge in [0, 0.05) is 30.2 Å². The van der Waals surface area contributed by atoms with Gasteiger partial charge in [0.2, 0.25) is 11.7 Å². The molecule has 0 unspecified atom stereocenters. The van der Waals surface area contributed by atoms with Gasteiger partial charge in [-0.15, -0.1) is 0 Å². The molecule has 0 radical (unpaired) electrons. The number of aromatic nitrogens is 2. The van der Waals surface area contributed by atoms with E-state index in [1.54, 1.807) is 12.1 Å². The summed E-state index contributed by atoms with van der Waals surface area (Å²) >= 11 is 5.88. The van der Waals surface area contributed by atoms with Crippen molar-refractivity contribution in [1.29, 1.82) is 0 Å². The topological polar surface area (TPSA) is 86.8 Å². The fraction of sp³-hybridized carbons (Fsp3) is 0.438. The molecule has 0 spiro atoms. The number of aliphatic imine (C=N–C) groups is 1. The van der Waals surface area contributed by atoms with Gasteiger partial charge in [0.1, 0.15) is 6.54 Å². The molecule has 1 aliphatic rings. The molecule has 7 nitrogen and oxygen atoms in total. The first-order valence-corrected chi connectivity index (χ1v) is 8.33. The third-order valence-corrected chi connectivity index (χ3v) is 3.98. The van der Waals surface area contributed by atoms with E-state index in [9.17, 15) is 5.11 Å². The summed E-state index contributed by atoms with van der Waals surface area (Å²) in [6, 6.07) is 7.26. The summed E-state index contributed by atoms with van der Waals surface area (Å²) in [6.07, 6.45) is 0.458. The maximum atomic E-state index is 9.68. The van der Waals surface area contributed by atoms with Gasteiger partial charge in [0.25, 0.3) is 0 Å². The van der Waals surface area contributed by atoms with E-state index in [0.717, 1.165) is 31.0 Å². The Morgan fingerprint density at radius 2 is 2.25 bits per heavy atom. The fourth-order valence-corrected chi connectivity index (χ4v) is 2.66. The van der Waals surface area contributed by atoms with Crippen LogP contribution in [0.1, 0.15) is 19.2 Å². The normalized spacial score (nSPS) is 18.2. The number of aliphatic hydroxyl groups is 1. The molecule has 1 aromatic heterocycles. The highest BCUT2D eigenvalue weighted by molar-refractivity contribution is 6.30. The van der Waals surface area contributed by atoms with E-state index in [1.165, 1.54) is 0 Å². The van der Waals surface area contributed by atoms with Crippen molar-refractivity contribution in [2.45, 2.75) is 26.0 Å². The predicted molar refractivity (Wildman–Crippen MR) is 91.8 cm³/mol. The molecule has 0 aliphatic carbocycles. The zero-order valence-electron chi connectivity index (χ0n) is 13.4. The van der Waals surface area contributed by atoms with Crippen LogP contribution in [0.3, 0.4) is 0 Å². The quantitative estimate of drug-likeness (QED) is 0.648. The molecule has 3 rings (SSSR count). The minimum Gasteiger partial charge on any atom is -0.391 e. The van der Waals surface area contributed by atoms with E-state index in [4.69, 9.17) is 16.1 Å². The zero-order chi connectivity index (χ0) is 16.9. The van der Waals surface area contributed by atoms with Crippen LogP contribution in [0.5, 0.6) is 0 Å². The monoisotopic (exact) mass is 349 g/mol. The third-order valence-electron chi connectivity index (χ3n) is 3.73. The van der Waals surface area contributed by atoms with E-state index in [2.05, 4.69) is 20.4 Å². The van der Waals surface area contributed by atoms with Crippen molar-refractivity contribution >= 4 is 17.6 Å². The molecule has 1 aromatic carbocycles. The molecule has 0 amide bonds. The number of benzene rings is 1. The van der Waals surface area contributed by atoms with Gasteiger partial charge in [-0.25, -0.2) is 4.99 Å². The maximum absolute atomic E-state index is 9.68. The molecule has 2 aromatic rings. The van der Waals surface area contributed by atoms with Gasteiger partial charge in [-0.2, -0.15) is 4.98 Å². The zero-order valence-corrected chi connectivity index (χ0v) is 14.2. The van der Waals surface area contributed by atoms with Crippen molar-refractivity contribution in [3.63, 3.8) is 0 Å². The van der Waals surface area contributed by atoms with Gasteiger partial charge in [-0.05, 0) is 37.6 Å². The van der Waals surface area contributed by atoms with Gasteiger partial charge in [-0.1, -0.05) is 16.8 Å². The van der Waals surface area contributed by atoms with E-state index >= 15 is 0 Å². The molecule has 0 bridgehead atoms. The number of rotatable bonds is 4. The molecule has 8 heteroatoms. The molecule has 0 saturated carbocycles. The highest BCUT2D eigenvalue weighted by Crippen LogP contribution is 2.19. The summed E-state index contributed by atoms with van der Waals surface area (Å²) in [7, 11) is 0. The average molecular weight is 350 g/mol. The van der Waals surface area contributed by atoms with Gasteiger partial charge >= 0.3 is 0 Å². The Morgan fingerprint density at radius 3 is 2.92 bits per heavy atom. The first-order valence-electron chi connectivity index (χ1n) is 7.95. The standard InChI is InChI=1S/C16H20ClN5O2/c1-2-18-16(22-8-7-13(23)10-22)19-9-14-20-15(21-24-14)11-3-5-12(17)6-4-11/h3-6,13,23H,2,7-10H2,1H3,(H,18,19)/t13-/m1/s1. The Morgan fingerprint density at radius 1 is 1.46 bits per heavy atom. The van der Waals surface area contributed by atoms with Crippen molar-refractivity contribution in [3.05, 3.63) is 35.2 Å². The first-order chi connectivity index (χ1) is 11.7. The van der Waals surface area contributed by atoms with Gasteiger partial charge in [-0.3, -0.25) is 0 Å². The number of guanidine groups is 1. The lowest BCUT2D eigenvalue weighted by Gasteiger charge is -2.20. The van der Waals surface area contributed by atoms with Crippen LogP contribution in [0, 0.1) is 0 Å². The smallest absolute Gasteiger partial charge is 0.248 e. The van der Waals surface area contributed by atoms with Crippen LogP contribution in [-0.4, -0.2) is 51.8 Å². The molecule has 1 atom stereocenters. The van der Waals surface area contributed by atoms with E-state index in [0.29, 0.717) is 23.3 Å². The van der Waals surface area contributed by atoms with Crippen LogP contribution < -0.4 is 5.32 Å². The fourth-order valence-electron chi connectivity index (χ4n) is 2.54. The SMILES string of the molecule is CCNC(=NCc1nc(-c2ccc(Cl)cc2)no1)N1CC[C@@H](O)C1. The largest absolute Gasteiger partial charge is 0.391 e. The van der Waals surface area contributed by atoms with Crippen molar-refractivity contribution < 1.29 is 9.63 Å². The van der Waals surface area contributed by atoms with Crippen LogP contribution in [0.2, 0.25) is 5.02 Å². The number of halogens is 1. The third kappa shape index (κ3) is 4.04. The first kappa shape index (κ1) is 16.7. The Labute approximate surface area is 145 Å². The molecule has 2 N–H and O–H groups in total. The van der Waals surface area contributed by atoms with Crippen LogP contribution in [0.15, 0.2) is 33.8 Å². The molecule has 128 valence electrons. The van der Waals surface area contributed by atoms with Crippen molar-refractivity contribution in [3.8, 4) is 11.4 Å². The summed E-state index contributed by atoms with van der Waals surface area (Å²) in [5, 5.41) is 17.5. The van der Waals surface area contributed by atoms with Crippen molar-refractivity contribution in [2.75, 3.05) is 19.6 Å². The highest BCUT2D eigenvalue weighted by Gasteiger charge is 2.23. The summed E-state index contributed by atoms with van der Waals surface area (Å²) in [6.45, 7) is 4.42. The predicted octanol–water partition coefficient (Wildman–Crippen LogP) is 1.92. The molecule has 1 fully saturated rings. The summed E-state index contributed by atoms with van der Waals surface area (Å²) in [5.74, 6) is 1.70. The Bertz CT molecular complexity index is 701. The second kappa shape index (κ2) is 7.63. The lowest BCUT2D eigenvalue weighted by Crippen LogP contribution is -2.40. The van der Waals surface area contributed by atoms with E-state index in [1.807, 2.05) is 24.0 Å². The Hall–Kier alpha value is -2.12. The molecule has 1 saturated heterocycles. The molecule has 24 heavy (non-hydrogen) atoms. The van der Waals surface area contributed by atoms with Crippen molar-refractivity contribution in [2.24, 2.45) is 4.99 Å². The number of likely N-dealkylation sites (tertiary alicyclic amines) is 1. The van der Waals surface area contributed by atoms with E-state index in [-0.39, 0.29) is 12.6 Å². The maximum Gasteiger partial charge on any atom is 0.248 e. The summed E-state index contributed by atoms with van der Waals surface area (Å²) < 4.78 is 5.26. The summed E-state index contributed by atoms with van der Waals surface area (Å²) in [4.78, 5) is 10.9. The number of nitrogens with zero attached hydrogens (tertiary/aromatic N) is 4. The number of hydrogen-bond donors (Lipinski definition) is 2. The van der Waals surface area contributed by atoms with Crippen LogP contribution in [0.25, 0.3) is 11.4 Å². The lowest BCUT2D eigenvalue weighted by molar-refractivity contribution is 0.187. The number of nitrogens with one attached hydrogen (secondary N) is 1. The Kier molecular flexibility index (Phi) is 5.32. The number of hydrogen-bond acceptors (Lipinski definition) is 5. The van der Waals surface area contributed by atoms with Crippen molar-refractivity contribution in [1.82, 2.24) is 20.4 Å². The number of aliphatic hydroxyl groups excluding tert-OH is 1. The average Bonchev–Trinajstić information content (AvgIpc) is 3.21. The van der Waals surface area contributed by atoms with E-state index < -0.39 is 0 Å². The van der Waals surface area contributed by atoms with Crippen LogP contribution in [0.4, 0.5) is 0 Å². The lowest BCUT2D eigenvalue weighted by atomic mass is 10.2. The Balaban J connectivity index is 1.69. The van der Waals surface area contributed by atoms with Gasteiger partial charge < -0.3 is 19.8 Å². The minimum atomic E-state index is -0.297. The second-order valence-corrected chi connectivity index (χ2v) is 6.01. The highest BCUT2D eigenvalue weighted by atomic mass is 35.5. The molecule has 1 aliphatic heterocycles. The molecular formula is C16H20ClN5O2. The van der Waals surface area contributed by atoms with Crippen LogP contribution in [-0.2, 0) is 6.54 Å². The van der Waals surface area contributed by atoms with Crippen LogP contribution >= 0.6 is 11.6 Å². The minimum absolute atomic E-state index is 0.287. The summed E-state index contributed by atoms with van der Waals surface area (Å²) in [5.41, 5.74) is 0.841. The van der Waals surface area contributed by atoms with Gasteiger partial charge in [0.15, 0.2) is 5.96 Å². The van der Waals surface area contributed by atoms with Gasteiger partial charge in [0.05, 0.1) is 6.10 Å². The number of β-amino-alcohol motifs (C(OH)–C–C–N with tert-alkyl or cyclic N) is 1. The molecular weight excluding hydrogens is 330 g/mol. The molecule has 2 heterocycles.